The summed E-state index contributed by atoms with van der Waals surface area (Å²) in [6, 6.07) is 8.35. The van der Waals surface area contributed by atoms with Crippen LogP contribution in [-0.2, 0) is 11.3 Å². The Morgan fingerprint density at radius 2 is 1.96 bits per heavy atom. The third-order valence-corrected chi connectivity index (χ3v) is 5.70. The molecule has 0 bridgehead atoms. The van der Waals surface area contributed by atoms with Gasteiger partial charge in [0.2, 0.25) is 0 Å². The highest BCUT2D eigenvalue weighted by molar-refractivity contribution is 7.18. The minimum Gasteiger partial charge on any atom is -0.351 e. The lowest BCUT2D eigenvalue weighted by molar-refractivity contribution is -1.02. The Labute approximate surface area is 147 Å². The predicted molar refractivity (Wildman–Crippen MR) is 97.5 cm³/mol. The van der Waals surface area contributed by atoms with Crippen molar-refractivity contribution in [2.45, 2.75) is 26.3 Å². The van der Waals surface area contributed by atoms with Gasteiger partial charge in [0.05, 0.1) is 10.2 Å². The van der Waals surface area contributed by atoms with E-state index < -0.39 is 0 Å². The number of unbranched alkanes of at least 4 members (excludes halogenated alkanes) is 1. The lowest BCUT2D eigenvalue weighted by Gasteiger charge is -2.28. The van der Waals surface area contributed by atoms with Crippen molar-refractivity contribution in [2.75, 3.05) is 39.3 Å². The maximum atomic E-state index is 11.9. The molecule has 0 radical (unpaired) electrons. The summed E-state index contributed by atoms with van der Waals surface area (Å²) in [5, 5.41) is 4.25. The Morgan fingerprint density at radius 3 is 2.71 bits per heavy atom. The number of nitrogens with zero attached hydrogens (tertiary/aromatic N) is 1. The number of carbonyl (C=O) groups excluding carboxylic acids is 1. The maximum Gasteiger partial charge on any atom is 0.275 e. The molecule has 0 atom stereocenters. The van der Waals surface area contributed by atoms with Gasteiger partial charge in [-0.3, -0.25) is 4.79 Å². The zero-order chi connectivity index (χ0) is 16.8. The number of hydrogen-bond donors (Lipinski definition) is 3. The monoisotopic (exact) mass is 348 g/mol. The third-order valence-electron chi connectivity index (χ3n) is 4.67. The van der Waals surface area contributed by atoms with E-state index in [1.807, 2.05) is 17.4 Å². The number of thiazole rings is 1. The van der Waals surface area contributed by atoms with Gasteiger partial charge < -0.3 is 15.1 Å². The Morgan fingerprint density at radius 1 is 1.21 bits per heavy atom. The molecule has 2 aromatic rings. The number of aromatic nitrogens is 1. The summed E-state index contributed by atoms with van der Waals surface area (Å²) >= 11 is 1.81. The van der Waals surface area contributed by atoms with E-state index in [0.717, 1.165) is 57.6 Å². The molecule has 1 fully saturated rings. The number of fused-ring (bicyclic) bond motifs is 1. The van der Waals surface area contributed by atoms with E-state index in [1.54, 1.807) is 4.90 Å². The van der Waals surface area contributed by atoms with E-state index in [2.05, 4.69) is 30.4 Å². The highest BCUT2D eigenvalue weighted by atomic mass is 32.1. The van der Waals surface area contributed by atoms with E-state index in [1.165, 1.54) is 14.6 Å². The van der Waals surface area contributed by atoms with Crippen LogP contribution in [0.1, 0.15) is 24.8 Å². The zero-order valence-electron chi connectivity index (χ0n) is 14.4. The van der Waals surface area contributed by atoms with Gasteiger partial charge in [-0.2, -0.15) is 0 Å². The van der Waals surface area contributed by atoms with Crippen LogP contribution in [0, 0.1) is 0 Å². The molecule has 1 aliphatic rings. The Bertz CT molecular complexity index is 631. The van der Waals surface area contributed by atoms with E-state index in [9.17, 15) is 4.79 Å². The molecule has 1 aromatic heterocycles. The number of hydrogen-bond acceptors (Lipinski definition) is 3. The largest absolute Gasteiger partial charge is 0.351 e. The maximum absolute atomic E-state index is 11.9. The molecule has 130 valence electrons. The highest BCUT2D eigenvalue weighted by Crippen LogP contribution is 2.20. The topological polar surface area (TPSA) is 50.9 Å². The molecule has 0 spiro atoms. The Hall–Kier alpha value is -1.50. The summed E-state index contributed by atoms with van der Waals surface area (Å²) in [7, 11) is 0. The zero-order valence-corrected chi connectivity index (χ0v) is 15.3. The molecule has 1 saturated heterocycles. The third kappa shape index (κ3) is 4.75. The van der Waals surface area contributed by atoms with Gasteiger partial charge in [-0.05, 0) is 18.6 Å². The van der Waals surface area contributed by atoms with Crippen molar-refractivity contribution in [3.63, 3.8) is 0 Å². The van der Waals surface area contributed by atoms with Gasteiger partial charge in [0, 0.05) is 6.54 Å². The van der Waals surface area contributed by atoms with Gasteiger partial charge >= 0.3 is 0 Å². The molecular formula is C18H28N4OS+2. The number of para-hydroxylation sites is 1. The summed E-state index contributed by atoms with van der Waals surface area (Å²) in [5.41, 5.74) is 1.12. The lowest BCUT2D eigenvalue weighted by Crippen LogP contribution is -3.28. The molecule has 6 heteroatoms. The van der Waals surface area contributed by atoms with Crippen LogP contribution in [0.5, 0.6) is 0 Å². The fourth-order valence-corrected chi connectivity index (χ4v) is 4.25. The van der Waals surface area contributed by atoms with Crippen molar-refractivity contribution in [3.8, 4) is 0 Å². The van der Waals surface area contributed by atoms with Crippen molar-refractivity contribution >= 4 is 27.5 Å². The summed E-state index contributed by atoms with van der Waals surface area (Å²) in [6.45, 7) is 8.97. The van der Waals surface area contributed by atoms with Crippen molar-refractivity contribution in [1.29, 1.82) is 0 Å². The fraction of sp³-hybridized carbons (Fsp3) is 0.556. The van der Waals surface area contributed by atoms with Gasteiger partial charge in [0.15, 0.2) is 6.54 Å². The molecule has 2 heterocycles. The normalized spacial score (nSPS) is 21.0. The summed E-state index contributed by atoms with van der Waals surface area (Å²) < 4.78 is 1.28. The van der Waals surface area contributed by atoms with Crippen molar-refractivity contribution in [2.24, 2.45) is 0 Å². The number of rotatable bonds is 7. The minimum atomic E-state index is 0.202. The van der Waals surface area contributed by atoms with E-state index >= 15 is 0 Å². The number of quaternary nitrogens is 2. The first-order valence-corrected chi connectivity index (χ1v) is 9.84. The SMILES string of the molecule is CCCCNC(=O)C[NH+]1CC[NH+](Cc2nc3ccccc3s2)CC1. The fourth-order valence-electron chi connectivity index (χ4n) is 3.21. The van der Waals surface area contributed by atoms with Crippen LogP contribution in [0.2, 0.25) is 0 Å². The molecule has 5 nitrogen and oxygen atoms in total. The molecule has 0 aliphatic carbocycles. The van der Waals surface area contributed by atoms with Crippen LogP contribution in [0.15, 0.2) is 24.3 Å². The Balaban J connectivity index is 1.42. The van der Waals surface area contributed by atoms with E-state index in [-0.39, 0.29) is 5.91 Å². The summed E-state index contributed by atoms with van der Waals surface area (Å²) in [6.07, 6.45) is 2.20. The number of piperazine rings is 1. The molecule has 1 aromatic carbocycles. The van der Waals surface area contributed by atoms with Crippen LogP contribution in [0.25, 0.3) is 10.2 Å². The van der Waals surface area contributed by atoms with Crippen LogP contribution in [-0.4, -0.2) is 50.2 Å². The molecule has 0 saturated carbocycles. The van der Waals surface area contributed by atoms with Gasteiger partial charge in [0.25, 0.3) is 5.91 Å². The second-order valence-corrected chi connectivity index (χ2v) is 7.75. The number of carbonyl (C=O) groups is 1. The van der Waals surface area contributed by atoms with E-state index in [4.69, 9.17) is 4.98 Å². The van der Waals surface area contributed by atoms with Gasteiger partial charge in [-0.25, -0.2) is 4.98 Å². The number of nitrogens with one attached hydrogen (secondary N) is 3. The summed E-state index contributed by atoms with van der Waals surface area (Å²) in [4.78, 5) is 19.7. The molecule has 3 rings (SSSR count). The van der Waals surface area contributed by atoms with Crippen LogP contribution < -0.4 is 15.1 Å². The van der Waals surface area contributed by atoms with Crippen molar-refractivity contribution in [1.82, 2.24) is 10.3 Å². The first-order valence-electron chi connectivity index (χ1n) is 9.03. The van der Waals surface area contributed by atoms with Gasteiger partial charge in [-0.15, -0.1) is 11.3 Å². The lowest BCUT2D eigenvalue weighted by atomic mass is 10.3. The molecule has 1 amide bonds. The molecule has 3 N–H and O–H groups in total. The highest BCUT2D eigenvalue weighted by Gasteiger charge is 2.25. The quantitative estimate of drug-likeness (QED) is 0.591. The molecular weight excluding hydrogens is 320 g/mol. The average Bonchev–Trinajstić information content (AvgIpc) is 2.99. The molecule has 0 unspecified atom stereocenters. The van der Waals surface area contributed by atoms with Gasteiger partial charge in [-0.1, -0.05) is 25.5 Å². The summed E-state index contributed by atoms with van der Waals surface area (Å²) in [5.74, 6) is 0.202. The van der Waals surface area contributed by atoms with E-state index in [0.29, 0.717) is 6.54 Å². The van der Waals surface area contributed by atoms with Gasteiger partial charge in [0.1, 0.15) is 37.7 Å². The van der Waals surface area contributed by atoms with Crippen LogP contribution >= 0.6 is 11.3 Å². The first-order chi connectivity index (χ1) is 11.7. The van der Waals surface area contributed by atoms with Crippen LogP contribution in [0.3, 0.4) is 0 Å². The van der Waals surface area contributed by atoms with Crippen LogP contribution in [0.4, 0.5) is 0 Å². The molecule has 24 heavy (non-hydrogen) atoms. The second-order valence-electron chi connectivity index (χ2n) is 6.63. The minimum absolute atomic E-state index is 0.202. The predicted octanol–water partition coefficient (Wildman–Crippen LogP) is -0.504. The second kappa shape index (κ2) is 8.55. The smallest absolute Gasteiger partial charge is 0.275 e. The first kappa shape index (κ1) is 17.3. The number of benzene rings is 1. The number of amides is 1. The molecule has 1 aliphatic heterocycles. The van der Waals surface area contributed by atoms with Crippen molar-refractivity contribution in [3.05, 3.63) is 29.3 Å². The van der Waals surface area contributed by atoms with Crippen molar-refractivity contribution < 1.29 is 14.6 Å². The standard InChI is InChI=1S/C18H26N4OS/c1-2-3-8-19-17(23)13-21-9-11-22(12-10-21)14-18-20-15-6-4-5-7-16(15)24-18/h4-7H,2-3,8-14H2,1H3,(H,19,23)/p+2. The average molecular weight is 349 g/mol. The Kier molecular flexibility index (Phi) is 6.18.